The lowest BCUT2D eigenvalue weighted by atomic mass is 9.83. The van der Waals surface area contributed by atoms with Gasteiger partial charge >= 0.3 is 6.09 Å². The summed E-state index contributed by atoms with van der Waals surface area (Å²) >= 11 is 0. The highest BCUT2D eigenvalue weighted by Gasteiger charge is 2.40. The highest BCUT2D eigenvalue weighted by molar-refractivity contribution is 5.95. The number of amides is 3. The van der Waals surface area contributed by atoms with Gasteiger partial charge in [0.15, 0.2) is 11.5 Å². The van der Waals surface area contributed by atoms with Crippen molar-refractivity contribution in [3.63, 3.8) is 0 Å². The Bertz CT molecular complexity index is 1290. The van der Waals surface area contributed by atoms with Crippen molar-refractivity contribution in [2.24, 2.45) is 11.8 Å². The Balaban J connectivity index is 1.80. The number of hydrogen-bond acceptors (Lipinski definition) is 7. The zero-order valence-electron chi connectivity index (χ0n) is 28.1. The summed E-state index contributed by atoms with van der Waals surface area (Å²) in [5.74, 6) is -0.359. The minimum absolute atomic E-state index is 0.0434. The summed E-state index contributed by atoms with van der Waals surface area (Å²) in [5.41, 5.74) is -0.101. The molecule has 10 heteroatoms. The SMILES string of the molecule is COCCCOc1cc(C(=O)N(C[C@@H]2CN(C(=O)OC(C)(C)C)C[C@H]2CNC(=O)C(C)(C)c2ccccc2)C(C)C)ccc1O. The average molecular weight is 626 g/mol. The molecule has 0 spiro atoms. The van der Waals surface area contributed by atoms with Crippen molar-refractivity contribution >= 4 is 17.9 Å². The second-order valence-corrected chi connectivity index (χ2v) is 13.5. The first-order valence-electron chi connectivity index (χ1n) is 15.7. The summed E-state index contributed by atoms with van der Waals surface area (Å²) in [7, 11) is 1.61. The van der Waals surface area contributed by atoms with Gasteiger partial charge in [-0.05, 0) is 72.2 Å². The summed E-state index contributed by atoms with van der Waals surface area (Å²) in [4.78, 5) is 43.8. The Morgan fingerprint density at radius 2 is 1.67 bits per heavy atom. The fraction of sp³-hybridized carbons (Fsp3) is 0.571. The van der Waals surface area contributed by atoms with Gasteiger partial charge in [-0.3, -0.25) is 9.59 Å². The van der Waals surface area contributed by atoms with Crippen molar-refractivity contribution in [1.82, 2.24) is 15.1 Å². The lowest BCUT2D eigenvalue weighted by Gasteiger charge is -2.32. The van der Waals surface area contributed by atoms with Gasteiger partial charge in [0.05, 0.1) is 12.0 Å². The van der Waals surface area contributed by atoms with Gasteiger partial charge < -0.3 is 34.4 Å². The largest absolute Gasteiger partial charge is 0.504 e. The second-order valence-electron chi connectivity index (χ2n) is 13.5. The topological polar surface area (TPSA) is 118 Å². The molecule has 1 aliphatic heterocycles. The van der Waals surface area contributed by atoms with Gasteiger partial charge in [-0.15, -0.1) is 0 Å². The maximum absolute atomic E-state index is 13.9. The molecule has 1 aliphatic rings. The number of methoxy groups -OCH3 is 1. The predicted octanol–water partition coefficient (Wildman–Crippen LogP) is 5.24. The Morgan fingerprint density at radius 3 is 2.29 bits per heavy atom. The number of rotatable bonds is 13. The van der Waals surface area contributed by atoms with E-state index in [1.807, 2.05) is 78.8 Å². The quantitative estimate of drug-likeness (QED) is 0.293. The number of aromatic hydroxyl groups is 1. The van der Waals surface area contributed by atoms with E-state index in [1.165, 1.54) is 6.07 Å². The number of nitrogens with one attached hydrogen (secondary N) is 1. The molecule has 3 rings (SSSR count). The molecule has 2 N–H and O–H groups in total. The minimum Gasteiger partial charge on any atom is -0.504 e. The molecule has 0 aromatic heterocycles. The fourth-order valence-corrected chi connectivity index (χ4v) is 5.38. The zero-order chi connectivity index (χ0) is 33.4. The number of phenolic OH excluding ortho intramolecular Hbond substituents is 1. The van der Waals surface area contributed by atoms with E-state index in [0.717, 1.165) is 5.56 Å². The molecule has 248 valence electrons. The fourth-order valence-electron chi connectivity index (χ4n) is 5.38. The average Bonchev–Trinajstić information content (AvgIpc) is 3.39. The van der Waals surface area contributed by atoms with E-state index in [4.69, 9.17) is 14.2 Å². The molecule has 2 aromatic rings. The van der Waals surface area contributed by atoms with Gasteiger partial charge in [0.25, 0.3) is 5.91 Å². The maximum atomic E-state index is 13.9. The Hall–Kier alpha value is -3.79. The molecule has 1 fully saturated rings. The number of nitrogens with zero attached hydrogens (tertiary/aromatic N) is 2. The molecule has 3 amide bonds. The van der Waals surface area contributed by atoms with Crippen LogP contribution in [-0.4, -0.2) is 91.0 Å². The standard InChI is InChI=1S/C35H51N3O7/c1-24(2)38(31(40)25-15-16-29(39)30(19-25)44-18-12-17-43-8)23-27-22-37(33(42)45-34(3,4)5)21-26(27)20-36-32(41)35(6,7)28-13-10-9-11-14-28/h9-11,13-16,19,24,26-27,39H,12,17-18,20-23H2,1-8H3,(H,36,41)/t26-,27+/m1/s1. The van der Waals surface area contributed by atoms with E-state index in [2.05, 4.69) is 5.32 Å². The van der Waals surface area contributed by atoms with Crippen molar-refractivity contribution in [1.29, 1.82) is 0 Å². The lowest BCUT2D eigenvalue weighted by molar-refractivity contribution is -0.125. The maximum Gasteiger partial charge on any atom is 0.410 e. The van der Waals surface area contributed by atoms with Gasteiger partial charge in [-0.2, -0.15) is 0 Å². The Labute approximate surface area is 268 Å². The van der Waals surface area contributed by atoms with Crippen LogP contribution in [0.3, 0.4) is 0 Å². The highest BCUT2D eigenvalue weighted by Crippen LogP contribution is 2.31. The second kappa shape index (κ2) is 15.5. The van der Waals surface area contributed by atoms with Gasteiger partial charge in [-0.25, -0.2) is 4.79 Å². The van der Waals surface area contributed by atoms with Crippen LogP contribution in [0.4, 0.5) is 4.79 Å². The molecule has 10 nitrogen and oxygen atoms in total. The van der Waals surface area contributed by atoms with Crippen LogP contribution in [0, 0.1) is 11.8 Å². The van der Waals surface area contributed by atoms with Crippen LogP contribution in [0.15, 0.2) is 48.5 Å². The molecular weight excluding hydrogens is 574 g/mol. The molecule has 45 heavy (non-hydrogen) atoms. The van der Waals surface area contributed by atoms with E-state index >= 15 is 0 Å². The summed E-state index contributed by atoms with van der Waals surface area (Å²) in [6.07, 6.45) is 0.227. The normalized spacial score (nSPS) is 16.9. The van der Waals surface area contributed by atoms with Crippen molar-refractivity contribution in [3.05, 3.63) is 59.7 Å². The van der Waals surface area contributed by atoms with Crippen LogP contribution in [0.25, 0.3) is 0 Å². The van der Waals surface area contributed by atoms with Crippen molar-refractivity contribution in [2.45, 2.75) is 71.9 Å². The van der Waals surface area contributed by atoms with Crippen molar-refractivity contribution < 1.29 is 33.7 Å². The van der Waals surface area contributed by atoms with Crippen LogP contribution in [0.5, 0.6) is 11.5 Å². The first-order chi connectivity index (χ1) is 21.1. The molecule has 0 aliphatic carbocycles. The van der Waals surface area contributed by atoms with Crippen LogP contribution in [0.2, 0.25) is 0 Å². The molecule has 0 radical (unpaired) electrons. The molecule has 2 atom stereocenters. The smallest absolute Gasteiger partial charge is 0.410 e. The number of ether oxygens (including phenoxy) is 3. The van der Waals surface area contributed by atoms with E-state index in [-0.39, 0.29) is 41.2 Å². The van der Waals surface area contributed by atoms with Gasteiger partial charge in [0, 0.05) is 69.8 Å². The zero-order valence-corrected chi connectivity index (χ0v) is 28.1. The van der Waals surface area contributed by atoms with Gasteiger partial charge in [0.2, 0.25) is 5.91 Å². The molecule has 0 bridgehead atoms. The molecule has 2 aromatic carbocycles. The summed E-state index contributed by atoms with van der Waals surface area (Å²) < 4.78 is 16.4. The highest BCUT2D eigenvalue weighted by atomic mass is 16.6. The number of carbonyl (C=O) groups is 3. The molecule has 1 heterocycles. The molecule has 0 saturated carbocycles. The third-order valence-electron chi connectivity index (χ3n) is 8.09. The van der Waals surface area contributed by atoms with E-state index in [0.29, 0.717) is 51.4 Å². The minimum atomic E-state index is -0.748. The first-order valence-corrected chi connectivity index (χ1v) is 15.7. The molecule has 1 saturated heterocycles. The number of hydrogen-bond donors (Lipinski definition) is 2. The summed E-state index contributed by atoms with van der Waals surface area (Å²) in [6, 6.07) is 14.1. The summed E-state index contributed by atoms with van der Waals surface area (Å²) in [5, 5.41) is 13.4. The van der Waals surface area contributed by atoms with E-state index < -0.39 is 17.1 Å². The van der Waals surface area contributed by atoms with Crippen molar-refractivity contribution in [2.75, 3.05) is 46.5 Å². The Kier molecular flexibility index (Phi) is 12.3. The summed E-state index contributed by atoms with van der Waals surface area (Å²) in [6.45, 7) is 15.5. The lowest BCUT2D eigenvalue weighted by Crippen LogP contribution is -2.46. The molecule has 0 unspecified atom stereocenters. The van der Waals surface area contributed by atoms with Crippen LogP contribution >= 0.6 is 0 Å². The monoisotopic (exact) mass is 625 g/mol. The van der Waals surface area contributed by atoms with Crippen molar-refractivity contribution in [3.8, 4) is 11.5 Å². The van der Waals surface area contributed by atoms with Gasteiger partial charge in [-0.1, -0.05) is 30.3 Å². The van der Waals surface area contributed by atoms with Crippen LogP contribution < -0.4 is 10.1 Å². The number of phenols is 1. The first kappa shape index (κ1) is 35.7. The number of carbonyl (C=O) groups excluding carboxylic acids is 3. The number of benzene rings is 2. The third-order valence-corrected chi connectivity index (χ3v) is 8.09. The Morgan fingerprint density at radius 1 is 1.00 bits per heavy atom. The van der Waals surface area contributed by atoms with Crippen LogP contribution in [0.1, 0.15) is 70.8 Å². The molecular formula is C35H51N3O7. The predicted molar refractivity (Wildman–Crippen MR) is 174 cm³/mol. The van der Waals surface area contributed by atoms with Gasteiger partial charge in [0.1, 0.15) is 5.60 Å². The third kappa shape index (κ3) is 9.85. The van der Waals surface area contributed by atoms with E-state index in [9.17, 15) is 19.5 Å². The number of likely N-dealkylation sites (tertiary alicyclic amines) is 1. The van der Waals surface area contributed by atoms with E-state index in [1.54, 1.807) is 29.0 Å². The van der Waals surface area contributed by atoms with Crippen LogP contribution in [-0.2, 0) is 19.7 Å².